The van der Waals surface area contributed by atoms with Gasteiger partial charge in [-0.1, -0.05) is 31.2 Å². The predicted molar refractivity (Wildman–Crippen MR) is 118 cm³/mol. The fourth-order valence-electron chi connectivity index (χ4n) is 4.37. The summed E-state index contributed by atoms with van der Waals surface area (Å²) < 4.78 is 35.8. The molecule has 1 aromatic heterocycles. The van der Waals surface area contributed by atoms with Crippen molar-refractivity contribution in [2.24, 2.45) is 0 Å². The number of alkyl halides is 2. The monoisotopic (exact) mass is 465 g/mol. The average Bonchev–Trinajstić information content (AvgIpc) is 3.56. The summed E-state index contributed by atoms with van der Waals surface area (Å²) in [7, 11) is 0. The minimum absolute atomic E-state index is 0.0398. The predicted octanol–water partition coefficient (Wildman–Crippen LogP) is 5.17. The molecule has 5 rings (SSSR count). The van der Waals surface area contributed by atoms with Crippen molar-refractivity contribution in [3.63, 3.8) is 0 Å². The number of Topliss-reactive ketones (excluding diaryl/α,β-unsaturated/α-hetero) is 1. The van der Waals surface area contributed by atoms with Gasteiger partial charge >= 0.3 is 12.3 Å². The van der Waals surface area contributed by atoms with Crippen molar-refractivity contribution in [2.75, 3.05) is 0 Å². The normalized spacial score (nSPS) is 16.8. The Hall–Kier alpha value is -3.81. The Morgan fingerprint density at radius 3 is 2.35 bits per heavy atom. The fourth-order valence-corrected chi connectivity index (χ4v) is 4.37. The van der Waals surface area contributed by atoms with Gasteiger partial charge in [0.25, 0.3) is 0 Å². The molecule has 2 aliphatic rings. The molecule has 0 saturated heterocycles. The number of hydrogen-bond acceptors (Lipinski definition) is 5. The molecule has 1 saturated carbocycles. The third kappa shape index (κ3) is 3.89. The number of halogens is 2. The lowest BCUT2D eigenvalue weighted by Crippen LogP contribution is -2.26. The van der Waals surface area contributed by atoms with Crippen LogP contribution in [-0.2, 0) is 23.1 Å². The number of aryl methyl sites for hydroxylation is 1. The zero-order valence-electron chi connectivity index (χ0n) is 18.3. The van der Waals surface area contributed by atoms with E-state index in [0.717, 1.165) is 17.5 Å². The van der Waals surface area contributed by atoms with E-state index in [-0.39, 0.29) is 29.3 Å². The molecule has 2 aromatic carbocycles. The molecule has 0 radical (unpaired) electrons. The van der Waals surface area contributed by atoms with Gasteiger partial charge in [-0.3, -0.25) is 9.78 Å². The van der Waals surface area contributed by atoms with Crippen LogP contribution < -0.4 is 9.47 Å². The van der Waals surface area contributed by atoms with E-state index in [4.69, 9.17) is 10.1 Å². The molecule has 2 heterocycles. The maximum absolute atomic E-state index is 13.4. The molecule has 0 amide bonds. The largest absolute Gasteiger partial charge is 0.586 e. The Morgan fingerprint density at radius 2 is 1.71 bits per heavy atom. The Balaban J connectivity index is 1.40. The van der Waals surface area contributed by atoms with Crippen LogP contribution in [0.4, 0.5) is 8.78 Å². The lowest BCUT2D eigenvalue weighted by atomic mass is 9.88. The number of ketones is 1. The van der Waals surface area contributed by atoms with Crippen LogP contribution in [0, 0.1) is 0 Å². The number of nitrogens with zero attached hydrogens (tertiary/aromatic N) is 1. The lowest BCUT2D eigenvalue weighted by molar-refractivity contribution is -0.286. The minimum Gasteiger partial charge on any atom is -0.478 e. The van der Waals surface area contributed by atoms with Crippen LogP contribution >= 0.6 is 0 Å². The highest BCUT2D eigenvalue weighted by Gasteiger charge is 2.52. The van der Waals surface area contributed by atoms with Gasteiger partial charge in [0.15, 0.2) is 11.5 Å². The van der Waals surface area contributed by atoms with Crippen LogP contribution in [0.5, 0.6) is 11.5 Å². The summed E-state index contributed by atoms with van der Waals surface area (Å²) in [6.45, 7) is 2.00. The standard InChI is InChI=1S/C26H21F2NO5/c1-2-15-7-9-19(29-23(15)16-3-5-17(6-4-16)24(31)32)14-22(30)25(11-12-25)18-8-10-20-21(13-18)34-26(27,28)33-20/h3-10,13H,2,11-12,14H2,1H3,(H,31,32). The van der Waals surface area contributed by atoms with Gasteiger partial charge in [-0.15, -0.1) is 8.78 Å². The molecule has 0 bridgehead atoms. The van der Waals surface area contributed by atoms with Gasteiger partial charge in [-0.25, -0.2) is 4.79 Å². The summed E-state index contributed by atoms with van der Waals surface area (Å²) in [5.41, 5.74) is 3.13. The number of rotatable bonds is 7. The van der Waals surface area contributed by atoms with Gasteiger partial charge in [0.1, 0.15) is 5.78 Å². The van der Waals surface area contributed by atoms with E-state index < -0.39 is 17.7 Å². The number of pyridine rings is 1. The van der Waals surface area contributed by atoms with E-state index in [0.29, 0.717) is 29.8 Å². The second kappa shape index (κ2) is 7.90. The number of aromatic nitrogens is 1. The molecule has 174 valence electrons. The van der Waals surface area contributed by atoms with E-state index in [1.54, 1.807) is 18.2 Å². The maximum Gasteiger partial charge on any atom is 0.586 e. The maximum atomic E-state index is 13.4. The number of benzene rings is 2. The summed E-state index contributed by atoms with van der Waals surface area (Å²) in [6.07, 6.45) is -1.64. The molecule has 34 heavy (non-hydrogen) atoms. The fraction of sp³-hybridized carbons (Fsp3) is 0.269. The summed E-state index contributed by atoms with van der Waals surface area (Å²) in [6, 6.07) is 14.7. The molecule has 0 unspecified atom stereocenters. The quantitative estimate of drug-likeness (QED) is 0.518. The van der Waals surface area contributed by atoms with Crippen LogP contribution in [0.2, 0.25) is 0 Å². The van der Waals surface area contributed by atoms with Gasteiger partial charge < -0.3 is 14.6 Å². The van der Waals surface area contributed by atoms with Gasteiger partial charge in [-0.05, 0) is 60.7 Å². The van der Waals surface area contributed by atoms with E-state index in [1.807, 2.05) is 19.1 Å². The molecule has 1 aliphatic carbocycles. The molecule has 1 N–H and O–H groups in total. The molecule has 0 spiro atoms. The van der Waals surface area contributed by atoms with Crippen LogP contribution in [0.15, 0.2) is 54.6 Å². The average molecular weight is 465 g/mol. The molecule has 6 nitrogen and oxygen atoms in total. The SMILES string of the molecule is CCc1ccc(CC(=O)C2(c3ccc4c(c3)OC(F)(F)O4)CC2)nc1-c1ccc(C(=O)O)cc1. The van der Waals surface area contributed by atoms with E-state index in [1.165, 1.54) is 24.3 Å². The highest BCUT2D eigenvalue weighted by atomic mass is 19.3. The van der Waals surface area contributed by atoms with E-state index in [9.17, 15) is 18.4 Å². The zero-order chi connectivity index (χ0) is 24.1. The van der Waals surface area contributed by atoms with Crippen molar-refractivity contribution >= 4 is 11.8 Å². The number of carboxylic acids is 1. The van der Waals surface area contributed by atoms with Crippen molar-refractivity contribution in [1.29, 1.82) is 0 Å². The highest BCUT2D eigenvalue weighted by molar-refractivity contribution is 5.94. The van der Waals surface area contributed by atoms with Crippen molar-refractivity contribution in [1.82, 2.24) is 4.98 Å². The first-order chi connectivity index (χ1) is 16.2. The number of carbonyl (C=O) groups is 2. The molecular formula is C26H21F2NO5. The van der Waals surface area contributed by atoms with Crippen molar-refractivity contribution < 1.29 is 33.0 Å². The minimum atomic E-state index is -3.70. The number of ether oxygens (including phenoxy) is 2. The third-order valence-corrected chi connectivity index (χ3v) is 6.40. The Labute approximate surface area is 194 Å². The number of carboxylic acid groups (broad SMARTS) is 1. The molecule has 0 atom stereocenters. The second-order valence-corrected chi connectivity index (χ2v) is 8.56. The number of carbonyl (C=O) groups excluding carboxylic acids is 1. The number of aromatic carboxylic acids is 1. The molecule has 8 heteroatoms. The Morgan fingerprint density at radius 1 is 1.00 bits per heavy atom. The molecular weight excluding hydrogens is 444 g/mol. The molecule has 1 fully saturated rings. The lowest BCUT2D eigenvalue weighted by Gasteiger charge is -2.16. The van der Waals surface area contributed by atoms with Gasteiger partial charge in [0, 0.05) is 17.7 Å². The van der Waals surface area contributed by atoms with Gasteiger partial charge in [0.05, 0.1) is 16.7 Å². The van der Waals surface area contributed by atoms with Crippen LogP contribution in [0.3, 0.4) is 0 Å². The zero-order valence-corrected chi connectivity index (χ0v) is 18.3. The summed E-state index contributed by atoms with van der Waals surface area (Å²) in [5, 5.41) is 9.14. The van der Waals surface area contributed by atoms with E-state index in [2.05, 4.69) is 9.47 Å². The first kappa shape index (κ1) is 22.0. The highest BCUT2D eigenvalue weighted by Crippen LogP contribution is 2.52. The Bertz CT molecular complexity index is 1300. The van der Waals surface area contributed by atoms with Gasteiger partial charge in [0.2, 0.25) is 0 Å². The topological polar surface area (TPSA) is 85.7 Å². The number of fused-ring (bicyclic) bond motifs is 1. The summed E-state index contributed by atoms with van der Waals surface area (Å²) in [4.78, 5) is 29.2. The van der Waals surface area contributed by atoms with Gasteiger partial charge in [-0.2, -0.15) is 0 Å². The van der Waals surface area contributed by atoms with Crippen molar-refractivity contribution in [3.05, 3.63) is 77.0 Å². The molecule has 3 aromatic rings. The molecule has 1 aliphatic heterocycles. The summed E-state index contributed by atoms with van der Waals surface area (Å²) in [5.74, 6) is -1.16. The summed E-state index contributed by atoms with van der Waals surface area (Å²) >= 11 is 0. The van der Waals surface area contributed by atoms with E-state index >= 15 is 0 Å². The van der Waals surface area contributed by atoms with Crippen molar-refractivity contribution in [2.45, 2.75) is 44.3 Å². The van der Waals surface area contributed by atoms with Crippen molar-refractivity contribution in [3.8, 4) is 22.8 Å². The van der Waals surface area contributed by atoms with Crippen LogP contribution in [0.25, 0.3) is 11.3 Å². The first-order valence-electron chi connectivity index (χ1n) is 11.0. The third-order valence-electron chi connectivity index (χ3n) is 6.40. The first-order valence-corrected chi connectivity index (χ1v) is 11.0. The smallest absolute Gasteiger partial charge is 0.478 e. The Kier molecular flexibility index (Phi) is 5.11. The number of hydrogen-bond donors (Lipinski definition) is 1. The van der Waals surface area contributed by atoms with Crippen LogP contribution in [0.1, 0.15) is 46.9 Å². The second-order valence-electron chi connectivity index (χ2n) is 8.56. The van der Waals surface area contributed by atoms with Crippen LogP contribution in [-0.4, -0.2) is 28.1 Å².